The average Bonchev–Trinajstić information content (AvgIpc) is 3.34. The first-order valence-electron chi connectivity index (χ1n) is 9.83. The fourth-order valence-corrected chi connectivity index (χ4v) is 4.29. The number of halogens is 3. The molecule has 158 valence electrons. The zero-order chi connectivity index (χ0) is 21.0. The van der Waals surface area contributed by atoms with Crippen LogP contribution in [0.4, 0.5) is 19.0 Å². The van der Waals surface area contributed by atoms with Crippen LogP contribution in [0.1, 0.15) is 53.2 Å². The maximum Gasteiger partial charge on any atom is 0.433 e. The van der Waals surface area contributed by atoms with Gasteiger partial charge in [0, 0.05) is 31.7 Å². The fourth-order valence-electron chi connectivity index (χ4n) is 4.29. The molecule has 0 spiro atoms. The van der Waals surface area contributed by atoms with Crippen LogP contribution >= 0.6 is 0 Å². The van der Waals surface area contributed by atoms with Crippen LogP contribution in [-0.4, -0.2) is 42.7 Å². The number of ether oxygens (including phenoxy) is 1. The molecule has 5 heterocycles. The monoisotopic (exact) mass is 419 g/mol. The van der Waals surface area contributed by atoms with Crippen LogP contribution in [0.2, 0.25) is 0 Å². The summed E-state index contributed by atoms with van der Waals surface area (Å²) in [7, 11) is 0. The van der Waals surface area contributed by atoms with E-state index in [0.717, 1.165) is 18.5 Å². The van der Waals surface area contributed by atoms with E-state index < -0.39 is 11.9 Å². The number of hydrogen-bond donors (Lipinski definition) is 0. The average molecular weight is 419 g/mol. The lowest BCUT2D eigenvalue weighted by atomic mass is 10.0. The Hall–Kier alpha value is -2.82. The van der Waals surface area contributed by atoms with Gasteiger partial charge in [0.25, 0.3) is 0 Å². The standard InChI is InChI=1S/C19H20F3N7O/c1-10-25-13-5-6-28(8-12(13)17(26-10)19(20,21)22)18-16-15(14-4-3-7-30-14)27-11(2)29(16)24-9-23-18/h9,14H,3-8H2,1-2H3/t14-/m0/s1. The Labute approximate surface area is 170 Å². The van der Waals surface area contributed by atoms with E-state index in [4.69, 9.17) is 4.74 Å². The number of anilines is 1. The van der Waals surface area contributed by atoms with Gasteiger partial charge in [-0.3, -0.25) is 0 Å². The Kier molecular flexibility index (Phi) is 4.38. The van der Waals surface area contributed by atoms with E-state index in [0.29, 0.717) is 42.4 Å². The quantitative estimate of drug-likeness (QED) is 0.632. The van der Waals surface area contributed by atoms with Gasteiger partial charge in [-0.15, -0.1) is 0 Å². The molecule has 1 fully saturated rings. The normalized spacial score (nSPS) is 19.5. The molecule has 30 heavy (non-hydrogen) atoms. The van der Waals surface area contributed by atoms with Crippen molar-refractivity contribution < 1.29 is 17.9 Å². The fraction of sp³-hybridized carbons (Fsp3) is 0.526. The third kappa shape index (κ3) is 3.08. The maximum atomic E-state index is 13.6. The summed E-state index contributed by atoms with van der Waals surface area (Å²) in [6, 6.07) is 0. The molecule has 0 saturated carbocycles. The molecule has 5 rings (SSSR count). The van der Waals surface area contributed by atoms with Gasteiger partial charge in [-0.1, -0.05) is 0 Å². The predicted octanol–water partition coefficient (Wildman–Crippen LogP) is 2.96. The molecule has 0 unspecified atom stereocenters. The van der Waals surface area contributed by atoms with Crippen molar-refractivity contribution in [2.75, 3.05) is 18.1 Å². The van der Waals surface area contributed by atoms with Crippen molar-refractivity contribution in [1.82, 2.24) is 29.5 Å². The van der Waals surface area contributed by atoms with Crippen LogP contribution in [0, 0.1) is 13.8 Å². The molecular formula is C19H20F3N7O. The molecule has 0 aromatic carbocycles. The number of alkyl halides is 3. The highest BCUT2D eigenvalue weighted by Crippen LogP contribution is 2.38. The molecule has 0 aliphatic carbocycles. The first-order chi connectivity index (χ1) is 14.3. The summed E-state index contributed by atoms with van der Waals surface area (Å²) < 4.78 is 48.4. The van der Waals surface area contributed by atoms with Gasteiger partial charge in [0.05, 0.1) is 5.69 Å². The molecule has 1 saturated heterocycles. The molecule has 2 aliphatic heterocycles. The predicted molar refractivity (Wildman–Crippen MR) is 100.0 cm³/mol. The van der Waals surface area contributed by atoms with Crippen LogP contribution in [0.15, 0.2) is 6.33 Å². The van der Waals surface area contributed by atoms with Gasteiger partial charge >= 0.3 is 6.18 Å². The third-order valence-electron chi connectivity index (χ3n) is 5.58. The SMILES string of the molecule is Cc1nc2c(c(C(F)(F)F)n1)CN(c1ncnn3c(C)nc([C@@H]4CCCO4)c13)CC2. The first-order valence-corrected chi connectivity index (χ1v) is 9.83. The Morgan fingerprint density at radius 3 is 2.73 bits per heavy atom. The second-order valence-corrected chi connectivity index (χ2v) is 7.60. The zero-order valence-electron chi connectivity index (χ0n) is 16.6. The topological polar surface area (TPSA) is 81.3 Å². The Balaban J connectivity index is 1.62. The van der Waals surface area contributed by atoms with E-state index in [9.17, 15) is 13.2 Å². The summed E-state index contributed by atoms with van der Waals surface area (Å²) >= 11 is 0. The van der Waals surface area contributed by atoms with Crippen molar-refractivity contribution >= 4 is 11.3 Å². The summed E-state index contributed by atoms with van der Waals surface area (Å²) in [4.78, 5) is 18.9. The lowest BCUT2D eigenvalue weighted by Gasteiger charge is -2.31. The number of nitrogens with zero attached hydrogens (tertiary/aromatic N) is 7. The van der Waals surface area contributed by atoms with E-state index in [1.165, 1.54) is 13.3 Å². The number of hydrogen-bond acceptors (Lipinski definition) is 7. The Morgan fingerprint density at radius 2 is 2.00 bits per heavy atom. The van der Waals surface area contributed by atoms with Crippen molar-refractivity contribution in [3.05, 3.63) is 40.6 Å². The molecule has 0 N–H and O–H groups in total. The van der Waals surface area contributed by atoms with Crippen molar-refractivity contribution in [3.8, 4) is 0 Å². The summed E-state index contributed by atoms with van der Waals surface area (Å²) in [5.41, 5.74) is 1.10. The minimum absolute atomic E-state index is 0.0202. The highest BCUT2D eigenvalue weighted by Gasteiger charge is 2.39. The lowest BCUT2D eigenvalue weighted by Crippen LogP contribution is -2.34. The van der Waals surface area contributed by atoms with Crippen molar-refractivity contribution in [2.24, 2.45) is 0 Å². The minimum Gasteiger partial charge on any atom is -0.372 e. The molecular weight excluding hydrogens is 399 g/mol. The van der Waals surface area contributed by atoms with E-state index in [1.807, 2.05) is 11.8 Å². The highest BCUT2D eigenvalue weighted by molar-refractivity contribution is 5.73. The van der Waals surface area contributed by atoms with Gasteiger partial charge in [-0.25, -0.2) is 24.5 Å². The highest BCUT2D eigenvalue weighted by atomic mass is 19.4. The second kappa shape index (κ2) is 6.86. The van der Waals surface area contributed by atoms with E-state index in [2.05, 4.69) is 25.0 Å². The van der Waals surface area contributed by atoms with Crippen LogP contribution in [-0.2, 0) is 23.9 Å². The van der Waals surface area contributed by atoms with Crippen molar-refractivity contribution in [1.29, 1.82) is 0 Å². The zero-order valence-corrected chi connectivity index (χ0v) is 16.6. The van der Waals surface area contributed by atoms with Crippen molar-refractivity contribution in [3.63, 3.8) is 0 Å². The molecule has 8 nitrogen and oxygen atoms in total. The molecule has 0 amide bonds. The third-order valence-corrected chi connectivity index (χ3v) is 5.58. The lowest BCUT2D eigenvalue weighted by molar-refractivity contribution is -0.142. The minimum atomic E-state index is -4.54. The number of imidazole rings is 1. The van der Waals surface area contributed by atoms with E-state index in [-0.39, 0.29) is 24.0 Å². The summed E-state index contributed by atoms with van der Waals surface area (Å²) in [6.45, 7) is 4.49. The summed E-state index contributed by atoms with van der Waals surface area (Å²) in [6.07, 6.45) is -1.14. The molecule has 3 aromatic heterocycles. The maximum absolute atomic E-state index is 13.6. The van der Waals surface area contributed by atoms with Crippen molar-refractivity contribution in [2.45, 2.75) is 51.9 Å². The van der Waals surface area contributed by atoms with Crippen LogP contribution in [0.3, 0.4) is 0 Å². The first kappa shape index (κ1) is 19.2. The molecule has 1 atom stereocenters. The molecule has 3 aromatic rings. The van der Waals surface area contributed by atoms with Crippen LogP contribution in [0.5, 0.6) is 0 Å². The summed E-state index contributed by atoms with van der Waals surface area (Å²) in [5, 5.41) is 4.30. The van der Waals surface area contributed by atoms with Gasteiger partial charge in [-0.05, 0) is 26.7 Å². The van der Waals surface area contributed by atoms with Gasteiger partial charge < -0.3 is 9.64 Å². The Morgan fingerprint density at radius 1 is 1.17 bits per heavy atom. The van der Waals surface area contributed by atoms with Gasteiger partial charge in [0.2, 0.25) is 0 Å². The van der Waals surface area contributed by atoms with Crippen LogP contribution in [0.25, 0.3) is 5.52 Å². The number of fused-ring (bicyclic) bond motifs is 2. The van der Waals surface area contributed by atoms with Gasteiger partial charge in [0.15, 0.2) is 11.5 Å². The molecule has 0 radical (unpaired) electrons. The Bertz CT molecular complexity index is 1120. The molecule has 11 heteroatoms. The second-order valence-electron chi connectivity index (χ2n) is 7.60. The van der Waals surface area contributed by atoms with Gasteiger partial charge in [0.1, 0.15) is 35.3 Å². The van der Waals surface area contributed by atoms with E-state index in [1.54, 1.807) is 4.52 Å². The van der Waals surface area contributed by atoms with Crippen LogP contribution < -0.4 is 4.90 Å². The van der Waals surface area contributed by atoms with E-state index >= 15 is 0 Å². The largest absolute Gasteiger partial charge is 0.433 e. The number of rotatable bonds is 2. The van der Waals surface area contributed by atoms with Gasteiger partial charge in [-0.2, -0.15) is 18.3 Å². The molecule has 2 aliphatic rings. The summed E-state index contributed by atoms with van der Waals surface area (Å²) in [5.74, 6) is 1.37. The number of aryl methyl sites for hydroxylation is 2. The smallest absolute Gasteiger partial charge is 0.372 e. The number of aromatic nitrogens is 6. The molecule has 0 bridgehead atoms.